The van der Waals surface area contributed by atoms with E-state index in [1.54, 1.807) is 58.2 Å². The molecule has 0 spiro atoms. The van der Waals surface area contributed by atoms with Crippen LogP contribution in [0.3, 0.4) is 0 Å². The Bertz CT molecular complexity index is 1690. The van der Waals surface area contributed by atoms with E-state index in [0.717, 1.165) is 11.3 Å². The van der Waals surface area contributed by atoms with Crippen molar-refractivity contribution in [1.82, 2.24) is 19.4 Å². The van der Waals surface area contributed by atoms with Gasteiger partial charge in [0.1, 0.15) is 23.9 Å². The van der Waals surface area contributed by atoms with Crippen LogP contribution in [0.5, 0.6) is 0 Å². The van der Waals surface area contributed by atoms with Crippen LogP contribution < -0.4 is 5.73 Å². The molecule has 56 heavy (non-hydrogen) atoms. The standard InChI is InChI=1S/C41H61N5O10/c1-10-31-41(8)35(46(39(51)56-41)17-12-11-16-45-21-30(44-22-45)28-14-13-15-43-20-28)25(4)32(47)23(2)19-40(7,52-9)36(26(5)33(48)27(6)37(50)54-31)55-38-34(49)29(42)18-24(3)53-38/h13-15,20-27,29,31,34-36,38,49H,10-12,16-19,42H2,1-9H3/t23-,24-,25+,26+,27-,29+,31?,34-,35-,36-,38+,40-,41-/m1/s1. The lowest BCUT2D eigenvalue weighted by molar-refractivity contribution is -0.288. The van der Waals surface area contributed by atoms with Crippen molar-refractivity contribution in [2.45, 2.75) is 148 Å². The van der Waals surface area contributed by atoms with Gasteiger partial charge in [0.05, 0.1) is 35.9 Å². The summed E-state index contributed by atoms with van der Waals surface area (Å²) in [7, 11) is 1.47. The quantitative estimate of drug-likeness (QED) is 0.197. The zero-order valence-corrected chi connectivity index (χ0v) is 34.3. The third kappa shape index (κ3) is 8.86. The Morgan fingerprint density at radius 1 is 1.04 bits per heavy atom. The fourth-order valence-corrected chi connectivity index (χ4v) is 8.98. The van der Waals surface area contributed by atoms with Gasteiger partial charge in [-0.2, -0.15) is 0 Å². The number of methoxy groups -OCH3 is 1. The van der Waals surface area contributed by atoms with Gasteiger partial charge in [0, 0.05) is 68.1 Å². The number of Topliss-reactive ketones (excluding diaryl/α,β-unsaturated/α-hetero) is 2. The number of imidazole rings is 1. The van der Waals surface area contributed by atoms with E-state index in [-0.39, 0.29) is 24.7 Å². The predicted molar refractivity (Wildman–Crippen MR) is 205 cm³/mol. The second-order valence-electron chi connectivity index (χ2n) is 16.5. The normalized spacial score (nSPS) is 37.5. The molecule has 2 aromatic rings. The second kappa shape index (κ2) is 17.8. The number of rotatable bonds is 10. The van der Waals surface area contributed by atoms with Crippen molar-refractivity contribution in [3.05, 3.63) is 37.1 Å². The summed E-state index contributed by atoms with van der Waals surface area (Å²) in [6, 6.07) is 2.38. The first-order valence-electron chi connectivity index (χ1n) is 19.9. The van der Waals surface area contributed by atoms with Crippen molar-refractivity contribution >= 4 is 23.6 Å². The number of aliphatic hydroxyl groups excluding tert-OH is 1. The smallest absolute Gasteiger partial charge is 0.410 e. The second-order valence-corrected chi connectivity index (χ2v) is 16.5. The molecular weight excluding hydrogens is 722 g/mol. The molecule has 2 aromatic heterocycles. The molecule has 0 aliphatic carbocycles. The molecule has 5 rings (SSSR count). The van der Waals surface area contributed by atoms with Gasteiger partial charge in [-0.3, -0.25) is 19.4 Å². The molecular formula is C41H61N5O10. The number of ketones is 2. The average molecular weight is 784 g/mol. The molecule has 0 radical (unpaired) electrons. The van der Waals surface area contributed by atoms with Gasteiger partial charge in [-0.25, -0.2) is 9.78 Å². The zero-order chi connectivity index (χ0) is 41.1. The Labute approximate surface area is 329 Å². The molecule has 5 heterocycles. The molecule has 3 fully saturated rings. The number of nitrogens with zero attached hydrogens (tertiary/aromatic N) is 4. The summed E-state index contributed by atoms with van der Waals surface area (Å²) in [5.41, 5.74) is 5.26. The lowest BCUT2D eigenvalue weighted by Crippen LogP contribution is -2.60. The molecule has 3 aliphatic heterocycles. The van der Waals surface area contributed by atoms with E-state index in [9.17, 15) is 24.3 Å². The third-order valence-electron chi connectivity index (χ3n) is 12.2. The number of aromatic nitrogens is 3. The topological polar surface area (TPSA) is 195 Å². The van der Waals surface area contributed by atoms with Crippen LogP contribution in [0.1, 0.15) is 87.5 Å². The first kappa shape index (κ1) is 43.4. The lowest BCUT2D eigenvalue weighted by atomic mass is 9.73. The minimum atomic E-state index is -1.40. The number of aryl methyl sites for hydroxylation is 1. The fourth-order valence-electron chi connectivity index (χ4n) is 8.98. The molecule has 0 bridgehead atoms. The van der Waals surface area contributed by atoms with Crippen molar-refractivity contribution in [2.75, 3.05) is 13.7 Å². The Kier molecular flexibility index (Phi) is 13.8. The lowest BCUT2D eigenvalue weighted by Gasteiger charge is -2.46. The van der Waals surface area contributed by atoms with Crippen LogP contribution in [-0.4, -0.2) is 116 Å². The van der Waals surface area contributed by atoms with Crippen molar-refractivity contribution < 1.29 is 48.0 Å². The van der Waals surface area contributed by atoms with Gasteiger partial charge in [0.25, 0.3) is 0 Å². The summed E-state index contributed by atoms with van der Waals surface area (Å²) in [4.78, 5) is 66.8. The minimum Gasteiger partial charge on any atom is -0.458 e. The van der Waals surface area contributed by atoms with E-state index in [2.05, 4.69) is 9.97 Å². The minimum absolute atomic E-state index is 0.111. The number of fused-ring (bicyclic) bond motifs is 1. The number of carbonyl (C=O) groups excluding carboxylic acids is 4. The van der Waals surface area contributed by atoms with Crippen LogP contribution in [0.25, 0.3) is 11.3 Å². The van der Waals surface area contributed by atoms with Crippen LogP contribution >= 0.6 is 0 Å². The number of aliphatic hydroxyl groups is 1. The first-order valence-corrected chi connectivity index (χ1v) is 19.9. The molecule has 1 unspecified atom stereocenters. The molecule has 15 heteroatoms. The monoisotopic (exact) mass is 783 g/mol. The van der Waals surface area contributed by atoms with E-state index in [1.165, 1.54) is 14.0 Å². The highest BCUT2D eigenvalue weighted by atomic mass is 16.7. The molecule has 3 saturated heterocycles. The maximum absolute atomic E-state index is 14.6. The number of carbonyl (C=O) groups is 4. The Balaban J connectivity index is 1.43. The zero-order valence-electron chi connectivity index (χ0n) is 34.3. The number of ether oxygens (including phenoxy) is 5. The number of amides is 1. The van der Waals surface area contributed by atoms with E-state index in [0.29, 0.717) is 32.4 Å². The summed E-state index contributed by atoms with van der Waals surface area (Å²) in [6.07, 6.45) is 3.92. The number of unbranched alkanes of at least 4 members (excludes halogenated alkanes) is 1. The molecule has 15 nitrogen and oxygen atoms in total. The summed E-state index contributed by atoms with van der Waals surface area (Å²) < 4.78 is 32.7. The van der Waals surface area contributed by atoms with E-state index in [4.69, 9.17) is 29.4 Å². The molecule has 0 aromatic carbocycles. The van der Waals surface area contributed by atoms with Crippen molar-refractivity contribution in [2.24, 2.45) is 29.4 Å². The summed E-state index contributed by atoms with van der Waals surface area (Å²) in [5, 5.41) is 11.0. The van der Waals surface area contributed by atoms with E-state index < -0.39 is 89.4 Å². The maximum Gasteiger partial charge on any atom is 0.410 e. The SMILES string of the molecule is CCC1OC(=O)[C@H](C)C(=O)[C@H](C)[C@@H](O[C@@H]2O[C@H](C)C[C@H](N)[C@H]2O)[C@](C)(OC)C[C@@H](C)C(=O)[C@H](C)[C@H]2N(CCCCn3cnc(-c4cccnc4)c3)C(=O)O[C@]12C. The number of pyridine rings is 1. The van der Waals surface area contributed by atoms with Crippen LogP contribution in [0.2, 0.25) is 0 Å². The summed E-state index contributed by atoms with van der Waals surface area (Å²) >= 11 is 0. The molecule has 3 aliphatic rings. The van der Waals surface area contributed by atoms with Gasteiger partial charge >= 0.3 is 12.1 Å². The van der Waals surface area contributed by atoms with Crippen LogP contribution in [0.4, 0.5) is 4.79 Å². The largest absolute Gasteiger partial charge is 0.458 e. The molecule has 1 amide bonds. The maximum atomic E-state index is 14.6. The predicted octanol–water partition coefficient (Wildman–Crippen LogP) is 4.33. The fraction of sp³-hybridized carbons (Fsp3) is 0.707. The Hall–Kier alpha value is -3.76. The number of nitrogens with two attached hydrogens (primary N) is 1. The van der Waals surface area contributed by atoms with Gasteiger partial charge in [0.15, 0.2) is 17.7 Å². The van der Waals surface area contributed by atoms with Crippen LogP contribution in [0, 0.1) is 23.7 Å². The Morgan fingerprint density at radius 3 is 2.41 bits per heavy atom. The van der Waals surface area contributed by atoms with Crippen molar-refractivity contribution in [1.29, 1.82) is 0 Å². The highest BCUT2D eigenvalue weighted by Crippen LogP contribution is 2.43. The van der Waals surface area contributed by atoms with Crippen molar-refractivity contribution in [3.8, 4) is 11.3 Å². The highest BCUT2D eigenvalue weighted by Gasteiger charge is 2.60. The molecule has 310 valence electrons. The number of hydrogen-bond donors (Lipinski definition) is 2. The number of hydrogen-bond acceptors (Lipinski definition) is 13. The third-order valence-corrected chi connectivity index (χ3v) is 12.2. The average Bonchev–Trinajstić information content (AvgIpc) is 3.75. The van der Waals surface area contributed by atoms with Gasteiger partial charge < -0.3 is 44.0 Å². The van der Waals surface area contributed by atoms with E-state index >= 15 is 0 Å². The summed E-state index contributed by atoms with van der Waals surface area (Å²) in [5.74, 6) is -5.05. The molecule has 0 saturated carbocycles. The van der Waals surface area contributed by atoms with Gasteiger partial charge in [-0.15, -0.1) is 0 Å². The Morgan fingerprint density at radius 2 is 1.75 bits per heavy atom. The molecule has 3 N–H and O–H groups in total. The highest BCUT2D eigenvalue weighted by molar-refractivity contribution is 6.00. The summed E-state index contributed by atoms with van der Waals surface area (Å²) in [6.45, 7) is 14.7. The van der Waals surface area contributed by atoms with Gasteiger partial charge in [0.2, 0.25) is 0 Å². The molecule has 13 atom stereocenters. The number of esters is 1. The van der Waals surface area contributed by atoms with Crippen LogP contribution in [0.15, 0.2) is 37.1 Å². The van der Waals surface area contributed by atoms with Crippen LogP contribution in [-0.2, 0) is 44.6 Å². The van der Waals surface area contributed by atoms with E-state index in [1.807, 2.05) is 36.7 Å². The first-order chi connectivity index (χ1) is 26.4. The van der Waals surface area contributed by atoms with Crippen molar-refractivity contribution in [3.63, 3.8) is 0 Å². The van der Waals surface area contributed by atoms with Gasteiger partial charge in [-0.1, -0.05) is 27.7 Å². The number of cyclic esters (lactones) is 1. The van der Waals surface area contributed by atoms with Gasteiger partial charge in [-0.05, 0) is 71.9 Å².